The van der Waals surface area contributed by atoms with Crippen LogP contribution in [0.2, 0.25) is 0 Å². The minimum absolute atomic E-state index is 0.121. The van der Waals surface area contributed by atoms with Crippen molar-refractivity contribution in [1.82, 2.24) is 0 Å². The molecule has 110 valence electrons. The van der Waals surface area contributed by atoms with Crippen LogP contribution in [0.25, 0.3) is 0 Å². The lowest BCUT2D eigenvalue weighted by atomic mass is 10.1. The van der Waals surface area contributed by atoms with E-state index < -0.39 is 11.7 Å². The number of hydrogen-bond acceptors (Lipinski definition) is 2. The fraction of sp³-hybridized carbons (Fsp3) is 0.500. The van der Waals surface area contributed by atoms with Crippen molar-refractivity contribution in [2.24, 2.45) is 5.92 Å². The summed E-state index contributed by atoms with van der Waals surface area (Å²) in [7, 11) is 0. The normalized spacial score (nSPS) is 11.5. The molecular weight excluding hydrogens is 333 g/mol. The Morgan fingerprint density at radius 3 is 2.50 bits per heavy atom. The molecule has 6 heteroatoms. The largest absolute Gasteiger partial charge is 0.418 e. The van der Waals surface area contributed by atoms with Crippen LogP contribution < -0.4 is 4.90 Å². The van der Waals surface area contributed by atoms with Gasteiger partial charge in [-0.05, 0) is 24.1 Å². The molecule has 0 bridgehead atoms. The Bertz CT molecular complexity index is 492. The summed E-state index contributed by atoms with van der Waals surface area (Å²) in [5.41, 5.74) is -0.546. The van der Waals surface area contributed by atoms with Crippen LogP contribution in [-0.2, 0) is 6.18 Å². The highest BCUT2D eigenvalue weighted by Crippen LogP contribution is 2.38. The quantitative estimate of drug-likeness (QED) is 0.760. The Balaban J connectivity index is 3.23. The van der Waals surface area contributed by atoms with Gasteiger partial charge in [0, 0.05) is 17.6 Å². The van der Waals surface area contributed by atoms with E-state index in [0.717, 1.165) is 6.07 Å². The molecular formula is C14H16BrF3N2. The van der Waals surface area contributed by atoms with Crippen LogP contribution in [0.5, 0.6) is 0 Å². The van der Waals surface area contributed by atoms with E-state index in [4.69, 9.17) is 5.26 Å². The summed E-state index contributed by atoms with van der Waals surface area (Å²) in [6, 6.07) is 5.89. The highest BCUT2D eigenvalue weighted by molar-refractivity contribution is 9.10. The molecule has 1 aromatic carbocycles. The summed E-state index contributed by atoms with van der Waals surface area (Å²) in [6.07, 6.45) is -4.21. The fourth-order valence-electron chi connectivity index (χ4n) is 1.94. The number of nitriles is 1. The number of halogens is 4. The molecule has 2 nitrogen and oxygen atoms in total. The van der Waals surface area contributed by atoms with E-state index in [-0.39, 0.29) is 24.6 Å². The molecule has 1 aromatic rings. The molecule has 20 heavy (non-hydrogen) atoms. The minimum atomic E-state index is -4.40. The fourth-order valence-corrected chi connectivity index (χ4v) is 2.29. The molecule has 0 atom stereocenters. The molecule has 0 aliphatic rings. The van der Waals surface area contributed by atoms with Crippen molar-refractivity contribution >= 4 is 21.6 Å². The maximum Gasteiger partial charge on any atom is 0.418 e. The number of anilines is 1. The highest BCUT2D eigenvalue weighted by Gasteiger charge is 2.35. The van der Waals surface area contributed by atoms with Crippen molar-refractivity contribution in [3.05, 3.63) is 28.2 Å². The molecule has 0 aliphatic heterocycles. The zero-order valence-electron chi connectivity index (χ0n) is 11.3. The van der Waals surface area contributed by atoms with Gasteiger partial charge in [-0.1, -0.05) is 29.8 Å². The van der Waals surface area contributed by atoms with E-state index >= 15 is 0 Å². The van der Waals surface area contributed by atoms with Gasteiger partial charge < -0.3 is 4.90 Å². The first-order chi connectivity index (χ1) is 9.25. The second-order valence-electron chi connectivity index (χ2n) is 4.91. The van der Waals surface area contributed by atoms with Crippen molar-refractivity contribution < 1.29 is 13.2 Å². The third-order valence-electron chi connectivity index (χ3n) is 2.68. The van der Waals surface area contributed by atoms with E-state index in [9.17, 15) is 13.2 Å². The summed E-state index contributed by atoms with van der Waals surface area (Å²) in [4.78, 5) is 1.63. The second kappa shape index (κ2) is 6.98. The van der Waals surface area contributed by atoms with Crippen molar-refractivity contribution in [3.63, 3.8) is 0 Å². The first-order valence-electron chi connectivity index (χ1n) is 6.24. The Morgan fingerprint density at radius 2 is 2.00 bits per heavy atom. The lowest BCUT2D eigenvalue weighted by molar-refractivity contribution is -0.137. The molecule has 0 radical (unpaired) electrons. The summed E-state index contributed by atoms with van der Waals surface area (Å²) in [5, 5.41) is 8.67. The first-order valence-corrected chi connectivity index (χ1v) is 7.03. The molecule has 1 rings (SSSR count). The van der Waals surface area contributed by atoms with Gasteiger partial charge in [0.15, 0.2) is 0 Å². The van der Waals surface area contributed by atoms with Gasteiger partial charge in [0.1, 0.15) is 0 Å². The Morgan fingerprint density at radius 1 is 1.35 bits per heavy atom. The van der Waals surface area contributed by atoms with E-state index in [1.54, 1.807) is 4.90 Å². The highest BCUT2D eigenvalue weighted by atomic mass is 79.9. The van der Waals surface area contributed by atoms with Gasteiger partial charge in [0.25, 0.3) is 0 Å². The zero-order chi connectivity index (χ0) is 15.3. The van der Waals surface area contributed by atoms with Crippen molar-refractivity contribution in [2.45, 2.75) is 26.4 Å². The number of nitrogens with zero attached hydrogens (tertiary/aromatic N) is 2. The maximum atomic E-state index is 13.1. The van der Waals surface area contributed by atoms with Gasteiger partial charge in [-0.2, -0.15) is 18.4 Å². The minimum Gasteiger partial charge on any atom is -0.370 e. The first kappa shape index (κ1) is 16.8. The van der Waals surface area contributed by atoms with Crippen LogP contribution in [0.3, 0.4) is 0 Å². The summed E-state index contributed by atoms with van der Waals surface area (Å²) in [5.74, 6) is 0.203. The molecule has 0 amide bonds. The number of hydrogen-bond donors (Lipinski definition) is 0. The Labute approximate surface area is 125 Å². The van der Waals surface area contributed by atoms with Crippen LogP contribution >= 0.6 is 15.9 Å². The molecule has 0 spiro atoms. The molecule has 0 saturated carbocycles. The third kappa shape index (κ3) is 4.71. The van der Waals surface area contributed by atoms with Crippen molar-refractivity contribution in [2.75, 3.05) is 18.0 Å². The zero-order valence-corrected chi connectivity index (χ0v) is 12.9. The van der Waals surface area contributed by atoms with Gasteiger partial charge in [0.2, 0.25) is 0 Å². The molecule has 0 saturated heterocycles. The van der Waals surface area contributed by atoms with Gasteiger partial charge >= 0.3 is 6.18 Å². The lowest BCUT2D eigenvalue weighted by Gasteiger charge is -2.29. The van der Waals surface area contributed by atoms with Gasteiger partial charge in [-0.3, -0.25) is 0 Å². The maximum absolute atomic E-state index is 13.1. The molecule has 0 N–H and O–H groups in total. The number of benzene rings is 1. The lowest BCUT2D eigenvalue weighted by Crippen LogP contribution is -2.30. The molecule has 0 aliphatic carbocycles. The van der Waals surface area contributed by atoms with Crippen LogP contribution in [0, 0.1) is 17.2 Å². The topological polar surface area (TPSA) is 27.0 Å². The van der Waals surface area contributed by atoms with Crippen LogP contribution in [0.15, 0.2) is 22.7 Å². The SMILES string of the molecule is CC(C)CN(CCC#N)c1cc(Br)ccc1C(F)(F)F. The standard InChI is InChI=1S/C14H16BrF3N2/c1-10(2)9-20(7-3-6-19)13-8-11(15)4-5-12(13)14(16,17)18/h4-5,8,10H,3,7,9H2,1-2H3. The third-order valence-corrected chi connectivity index (χ3v) is 3.18. The van der Waals surface area contributed by atoms with Gasteiger partial charge in [-0.15, -0.1) is 0 Å². The average molecular weight is 349 g/mol. The van der Waals surface area contributed by atoms with E-state index in [1.165, 1.54) is 12.1 Å². The Hall–Kier alpha value is -1.22. The van der Waals surface area contributed by atoms with Crippen LogP contribution in [-0.4, -0.2) is 13.1 Å². The van der Waals surface area contributed by atoms with Gasteiger partial charge in [-0.25, -0.2) is 0 Å². The van der Waals surface area contributed by atoms with Crippen molar-refractivity contribution in [3.8, 4) is 6.07 Å². The average Bonchev–Trinajstić information content (AvgIpc) is 2.32. The predicted molar refractivity (Wildman–Crippen MR) is 76.4 cm³/mol. The van der Waals surface area contributed by atoms with E-state index in [0.29, 0.717) is 11.0 Å². The van der Waals surface area contributed by atoms with E-state index in [1.807, 2.05) is 19.9 Å². The second-order valence-corrected chi connectivity index (χ2v) is 5.82. The van der Waals surface area contributed by atoms with Crippen molar-refractivity contribution in [1.29, 1.82) is 5.26 Å². The van der Waals surface area contributed by atoms with Gasteiger partial charge in [0.05, 0.1) is 23.7 Å². The van der Waals surface area contributed by atoms with Crippen LogP contribution in [0.1, 0.15) is 25.8 Å². The molecule has 0 aromatic heterocycles. The number of rotatable bonds is 5. The summed E-state index contributed by atoms with van der Waals surface area (Å²) >= 11 is 3.21. The summed E-state index contributed by atoms with van der Waals surface area (Å²) < 4.78 is 39.9. The molecule has 0 heterocycles. The summed E-state index contributed by atoms with van der Waals surface area (Å²) in [6.45, 7) is 4.63. The Kier molecular flexibility index (Phi) is 5.88. The monoisotopic (exact) mass is 348 g/mol. The van der Waals surface area contributed by atoms with E-state index in [2.05, 4.69) is 15.9 Å². The number of alkyl halides is 3. The smallest absolute Gasteiger partial charge is 0.370 e. The molecule has 0 unspecified atom stereocenters. The molecule has 0 fully saturated rings. The van der Waals surface area contributed by atoms with Crippen LogP contribution in [0.4, 0.5) is 18.9 Å². The predicted octanol–water partition coefficient (Wildman–Crippen LogP) is 4.84.